The first-order valence-electron chi connectivity index (χ1n) is 6.46. The van der Waals surface area contributed by atoms with Crippen LogP contribution in [0.2, 0.25) is 0 Å². The molecular weight excluding hydrogens is 226 g/mol. The Morgan fingerprint density at radius 2 is 2.28 bits per heavy atom. The van der Waals surface area contributed by atoms with Crippen LogP contribution < -0.4 is 11.1 Å². The summed E-state index contributed by atoms with van der Waals surface area (Å²) in [7, 11) is 0. The van der Waals surface area contributed by atoms with Gasteiger partial charge in [0, 0.05) is 13.5 Å². The summed E-state index contributed by atoms with van der Waals surface area (Å²) in [5.74, 6) is 1.30. The lowest BCUT2D eigenvalue weighted by Gasteiger charge is -2.09. The first-order chi connectivity index (χ1) is 8.69. The van der Waals surface area contributed by atoms with Crippen molar-refractivity contribution in [3.05, 3.63) is 29.7 Å². The predicted octanol–water partition coefficient (Wildman–Crippen LogP) is 2.21. The van der Waals surface area contributed by atoms with Gasteiger partial charge in [-0.1, -0.05) is 13.0 Å². The molecule has 0 fully saturated rings. The lowest BCUT2D eigenvalue weighted by molar-refractivity contribution is 0.509. The van der Waals surface area contributed by atoms with E-state index in [9.17, 15) is 0 Å². The maximum absolute atomic E-state index is 5.58. The van der Waals surface area contributed by atoms with Crippen molar-refractivity contribution in [3.63, 3.8) is 0 Å². The molecule has 0 aliphatic rings. The molecule has 2 rings (SSSR count). The monoisotopic (exact) mass is 247 g/mol. The lowest BCUT2D eigenvalue weighted by atomic mass is 10.1. The van der Waals surface area contributed by atoms with E-state index in [0.29, 0.717) is 11.8 Å². The fourth-order valence-corrected chi connectivity index (χ4v) is 1.90. The van der Waals surface area contributed by atoms with Gasteiger partial charge in [0.25, 0.3) is 0 Å². The Morgan fingerprint density at radius 1 is 1.44 bits per heavy atom. The number of aryl methyl sites for hydroxylation is 1. The van der Waals surface area contributed by atoms with Crippen LogP contribution in [0.15, 0.2) is 22.6 Å². The van der Waals surface area contributed by atoms with Crippen LogP contribution >= 0.6 is 0 Å². The highest BCUT2D eigenvalue weighted by atomic mass is 16.3. The van der Waals surface area contributed by atoms with Crippen molar-refractivity contribution in [3.8, 4) is 0 Å². The fraction of sp³-hybridized carbons (Fsp3) is 0.500. The minimum Gasteiger partial charge on any atom is -0.441 e. The zero-order chi connectivity index (χ0) is 13.0. The maximum Gasteiger partial charge on any atom is 0.192 e. The third kappa shape index (κ3) is 3.31. The standard InChI is InChI=1S/C14H21N3O/c1-10(8-15)5-6-16-9-12-3-4-14-13(7-12)17-11(2)18-14/h3-4,7,10,16H,5-6,8-9,15H2,1-2H3. The number of hydrogen-bond acceptors (Lipinski definition) is 4. The number of rotatable bonds is 6. The van der Waals surface area contributed by atoms with E-state index in [1.54, 1.807) is 0 Å². The summed E-state index contributed by atoms with van der Waals surface area (Å²) in [6, 6.07) is 6.13. The van der Waals surface area contributed by atoms with Crippen molar-refractivity contribution in [1.29, 1.82) is 0 Å². The third-order valence-electron chi connectivity index (χ3n) is 3.10. The number of nitrogens with zero attached hydrogens (tertiary/aromatic N) is 1. The number of hydrogen-bond donors (Lipinski definition) is 2. The SMILES string of the molecule is Cc1nc2cc(CNCCC(C)CN)ccc2o1. The molecule has 1 heterocycles. The molecule has 3 N–H and O–H groups in total. The van der Waals surface area contributed by atoms with Gasteiger partial charge in [-0.2, -0.15) is 0 Å². The highest BCUT2D eigenvalue weighted by Crippen LogP contribution is 2.16. The number of fused-ring (bicyclic) bond motifs is 1. The van der Waals surface area contributed by atoms with Crippen LogP contribution in [0, 0.1) is 12.8 Å². The van der Waals surface area contributed by atoms with E-state index < -0.39 is 0 Å². The Labute approximate surface area is 108 Å². The zero-order valence-electron chi connectivity index (χ0n) is 11.1. The van der Waals surface area contributed by atoms with Crippen LogP contribution in [-0.4, -0.2) is 18.1 Å². The molecule has 0 bridgehead atoms. The van der Waals surface area contributed by atoms with Crippen molar-refractivity contribution < 1.29 is 4.42 Å². The van der Waals surface area contributed by atoms with Crippen LogP contribution in [0.4, 0.5) is 0 Å². The largest absolute Gasteiger partial charge is 0.441 e. The second-order valence-corrected chi connectivity index (χ2v) is 4.84. The van der Waals surface area contributed by atoms with Gasteiger partial charge in [0.05, 0.1) is 0 Å². The van der Waals surface area contributed by atoms with Crippen molar-refractivity contribution in [2.75, 3.05) is 13.1 Å². The molecule has 2 aromatic rings. The van der Waals surface area contributed by atoms with E-state index in [1.807, 2.05) is 13.0 Å². The van der Waals surface area contributed by atoms with Crippen molar-refractivity contribution in [2.45, 2.75) is 26.8 Å². The zero-order valence-corrected chi connectivity index (χ0v) is 11.1. The number of aromatic nitrogens is 1. The molecule has 0 aliphatic heterocycles. The molecule has 0 saturated carbocycles. The first kappa shape index (κ1) is 13.1. The van der Waals surface area contributed by atoms with Gasteiger partial charge in [-0.15, -0.1) is 0 Å². The average Bonchev–Trinajstić information content (AvgIpc) is 2.73. The summed E-state index contributed by atoms with van der Waals surface area (Å²) in [6.07, 6.45) is 1.11. The normalized spacial score (nSPS) is 13.1. The second kappa shape index (κ2) is 5.98. The van der Waals surface area contributed by atoms with Crippen LogP contribution in [0.1, 0.15) is 24.8 Å². The molecule has 1 unspecified atom stereocenters. The predicted molar refractivity (Wildman–Crippen MR) is 73.3 cm³/mol. The molecule has 0 amide bonds. The Bertz CT molecular complexity index is 507. The Hall–Kier alpha value is -1.39. The molecule has 1 aromatic heterocycles. The van der Waals surface area contributed by atoms with E-state index in [-0.39, 0.29) is 0 Å². The summed E-state index contributed by atoms with van der Waals surface area (Å²) in [6.45, 7) is 6.65. The van der Waals surface area contributed by atoms with Gasteiger partial charge < -0.3 is 15.5 Å². The smallest absolute Gasteiger partial charge is 0.192 e. The van der Waals surface area contributed by atoms with Gasteiger partial charge in [0.2, 0.25) is 0 Å². The van der Waals surface area contributed by atoms with E-state index in [2.05, 4.69) is 29.4 Å². The van der Waals surface area contributed by atoms with Crippen molar-refractivity contribution >= 4 is 11.1 Å². The number of oxazole rings is 1. The molecule has 4 heteroatoms. The summed E-state index contributed by atoms with van der Waals surface area (Å²) in [4.78, 5) is 4.33. The van der Waals surface area contributed by atoms with Gasteiger partial charge in [-0.25, -0.2) is 4.98 Å². The molecule has 1 aromatic carbocycles. The van der Waals surface area contributed by atoms with E-state index in [4.69, 9.17) is 10.2 Å². The fourth-order valence-electron chi connectivity index (χ4n) is 1.90. The minimum atomic E-state index is 0.582. The van der Waals surface area contributed by atoms with Gasteiger partial charge in [-0.05, 0) is 43.1 Å². The van der Waals surface area contributed by atoms with E-state index in [0.717, 1.165) is 37.2 Å². The number of nitrogens with two attached hydrogens (primary N) is 1. The Balaban J connectivity index is 1.87. The number of benzene rings is 1. The summed E-state index contributed by atoms with van der Waals surface area (Å²) in [5, 5.41) is 3.42. The molecular formula is C14H21N3O. The van der Waals surface area contributed by atoms with Crippen LogP contribution in [0.3, 0.4) is 0 Å². The first-order valence-corrected chi connectivity index (χ1v) is 6.46. The highest BCUT2D eigenvalue weighted by Gasteiger charge is 2.03. The lowest BCUT2D eigenvalue weighted by Crippen LogP contribution is -2.20. The van der Waals surface area contributed by atoms with Crippen LogP contribution in [0.5, 0.6) is 0 Å². The topological polar surface area (TPSA) is 64.1 Å². The maximum atomic E-state index is 5.58. The van der Waals surface area contributed by atoms with Gasteiger partial charge in [0.15, 0.2) is 11.5 Å². The van der Waals surface area contributed by atoms with Crippen LogP contribution in [0.25, 0.3) is 11.1 Å². The van der Waals surface area contributed by atoms with Gasteiger partial charge in [-0.3, -0.25) is 0 Å². The summed E-state index contributed by atoms with van der Waals surface area (Å²) < 4.78 is 5.45. The van der Waals surface area contributed by atoms with Crippen molar-refractivity contribution in [1.82, 2.24) is 10.3 Å². The molecule has 0 radical (unpaired) electrons. The quantitative estimate of drug-likeness (QED) is 0.768. The molecule has 18 heavy (non-hydrogen) atoms. The summed E-state index contributed by atoms with van der Waals surface area (Å²) in [5.41, 5.74) is 8.60. The Morgan fingerprint density at radius 3 is 3.06 bits per heavy atom. The Kier molecular flexibility index (Phi) is 4.33. The number of nitrogens with one attached hydrogen (secondary N) is 1. The molecule has 98 valence electrons. The second-order valence-electron chi connectivity index (χ2n) is 4.84. The van der Waals surface area contributed by atoms with Gasteiger partial charge >= 0.3 is 0 Å². The van der Waals surface area contributed by atoms with Crippen LogP contribution in [-0.2, 0) is 6.54 Å². The highest BCUT2D eigenvalue weighted by molar-refractivity contribution is 5.73. The average molecular weight is 247 g/mol. The molecule has 1 atom stereocenters. The molecule has 4 nitrogen and oxygen atoms in total. The summed E-state index contributed by atoms with van der Waals surface area (Å²) >= 11 is 0. The minimum absolute atomic E-state index is 0.582. The van der Waals surface area contributed by atoms with E-state index >= 15 is 0 Å². The molecule has 0 spiro atoms. The molecule has 0 aliphatic carbocycles. The molecule has 0 saturated heterocycles. The third-order valence-corrected chi connectivity index (χ3v) is 3.10. The van der Waals surface area contributed by atoms with Gasteiger partial charge in [0.1, 0.15) is 5.52 Å². The van der Waals surface area contributed by atoms with E-state index in [1.165, 1.54) is 5.56 Å². The van der Waals surface area contributed by atoms with Crippen molar-refractivity contribution in [2.24, 2.45) is 11.7 Å².